The summed E-state index contributed by atoms with van der Waals surface area (Å²) in [6.45, 7) is 6.68. The minimum atomic E-state index is -0.769. The third-order valence-corrected chi connectivity index (χ3v) is 2.84. The maximum atomic E-state index is 12.1. The number of nitrogens with zero attached hydrogens (tertiary/aromatic N) is 1. The molecule has 0 saturated carbocycles. The van der Waals surface area contributed by atoms with E-state index in [2.05, 4.69) is 11.9 Å². The molecule has 0 unspecified atom stereocenters. The van der Waals surface area contributed by atoms with E-state index in [1.54, 1.807) is 25.1 Å². The predicted molar refractivity (Wildman–Crippen MR) is 73.3 cm³/mol. The zero-order valence-electron chi connectivity index (χ0n) is 10.6. The molecule has 1 N–H and O–H groups in total. The van der Waals surface area contributed by atoms with Crippen molar-refractivity contribution in [3.63, 3.8) is 0 Å². The first-order valence-corrected chi connectivity index (χ1v) is 6.05. The molecule has 0 radical (unpaired) electrons. The molecule has 1 aliphatic heterocycles. The fraction of sp³-hybridized carbons (Fsp3) is 0.231. The third kappa shape index (κ3) is 2.56. The number of carbonyl (C=O) groups is 2. The highest BCUT2D eigenvalue weighted by atomic mass is 35.5. The molecule has 0 aromatic heterocycles. The molecule has 2 amide bonds. The van der Waals surface area contributed by atoms with Crippen molar-refractivity contribution in [3.05, 3.63) is 35.6 Å². The molecule has 100 valence electrons. The van der Waals surface area contributed by atoms with Crippen LogP contribution in [0.4, 0.5) is 16.2 Å². The number of rotatable bonds is 1. The zero-order chi connectivity index (χ0) is 14.2. The van der Waals surface area contributed by atoms with Gasteiger partial charge in [-0.3, -0.25) is 4.79 Å². The lowest BCUT2D eigenvalue weighted by molar-refractivity contribution is -0.118. The van der Waals surface area contributed by atoms with Crippen LogP contribution in [0.15, 0.2) is 30.5 Å². The van der Waals surface area contributed by atoms with Crippen molar-refractivity contribution in [3.8, 4) is 0 Å². The van der Waals surface area contributed by atoms with Gasteiger partial charge in [0, 0.05) is 5.02 Å². The predicted octanol–water partition coefficient (Wildman–Crippen LogP) is 3.16. The number of halogens is 1. The van der Waals surface area contributed by atoms with Crippen molar-refractivity contribution >= 4 is 35.0 Å². The lowest BCUT2D eigenvalue weighted by Crippen LogP contribution is -2.48. The standard InChI is InChI=1S/C13H13ClN2O3/c1-7(2)19-13(18)16-11-5-4-9(14)6-10(11)15-8(3)12(16)17/h4-6,8,15H,1H2,2-3H3/t8-/m0/s1. The minimum Gasteiger partial charge on any atom is -0.415 e. The topological polar surface area (TPSA) is 58.6 Å². The van der Waals surface area contributed by atoms with Crippen LogP contribution in [0.3, 0.4) is 0 Å². The summed E-state index contributed by atoms with van der Waals surface area (Å²) < 4.78 is 4.91. The first-order valence-electron chi connectivity index (χ1n) is 5.67. The van der Waals surface area contributed by atoms with Gasteiger partial charge in [0.25, 0.3) is 5.91 Å². The number of nitrogens with one attached hydrogen (secondary N) is 1. The number of hydrogen-bond acceptors (Lipinski definition) is 4. The van der Waals surface area contributed by atoms with Crippen LogP contribution >= 0.6 is 11.6 Å². The van der Waals surface area contributed by atoms with Gasteiger partial charge >= 0.3 is 6.09 Å². The zero-order valence-corrected chi connectivity index (χ0v) is 11.3. The SMILES string of the molecule is C=C(C)OC(=O)N1C(=O)[C@H](C)Nc2cc(Cl)ccc21. The van der Waals surface area contributed by atoms with Crippen LogP contribution in [-0.2, 0) is 9.53 Å². The summed E-state index contributed by atoms with van der Waals surface area (Å²) in [6.07, 6.45) is -0.769. The van der Waals surface area contributed by atoms with Gasteiger partial charge in [0.05, 0.1) is 17.1 Å². The molecule has 0 saturated heterocycles. The van der Waals surface area contributed by atoms with Crippen molar-refractivity contribution in [2.24, 2.45) is 0 Å². The lowest BCUT2D eigenvalue weighted by atomic mass is 10.1. The first kappa shape index (κ1) is 13.4. The average molecular weight is 281 g/mol. The summed E-state index contributed by atoms with van der Waals surface area (Å²) in [5, 5.41) is 3.50. The summed E-state index contributed by atoms with van der Waals surface area (Å²) >= 11 is 5.90. The Morgan fingerprint density at radius 3 is 2.84 bits per heavy atom. The van der Waals surface area contributed by atoms with Gasteiger partial charge < -0.3 is 10.1 Å². The molecule has 1 aromatic carbocycles. The molecule has 1 heterocycles. The quantitative estimate of drug-likeness (QED) is 0.803. The number of carbonyl (C=O) groups excluding carboxylic acids is 2. The van der Waals surface area contributed by atoms with E-state index in [1.807, 2.05) is 0 Å². The minimum absolute atomic E-state index is 0.222. The Morgan fingerprint density at radius 2 is 2.21 bits per heavy atom. The van der Waals surface area contributed by atoms with Crippen LogP contribution in [0.25, 0.3) is 0 Å². The summed E-state index contributed by atoms with van der Waals surface area (Å²) in [5.74, 6) is -0.166. The van der Waals surface area contributed by atoms with Gasteiger partial charge in [-0.05, 0) is 32.0 Å². The Balaban J connectivity index is 2.45. The number of hydrogen-bond donors (Lipinski definition) is 1. The highest BCUT2D eigenvalue weighted by Crippen LogP contribution is 2.34. The van der Waals surface area contributed by atoms with Crippen molar-refractivity contribution in [1.82, 2.24) is 0 Å². The fourth-order valence-corrected chi connectivity index (χ4v) is 1.98. The fourth-order valence-electron chi connectivity index (χ4n) is 1.81. The van der Waals surface area contributed by atoms with E-state index in [4.69, 9.17) is 16.3 Å². The van der Waals surface area contributed by atoms with E-state index < -0.39 is 12.1 Å². The van der Waals surface area contributed by atoms with E-state index in [0.29, 0.717) is 16.4 Å². The van der Waals surface area contributed by atoms with Crippen LogP contribution in [0, 0.1) is 0 Å². The molecule has 1 atom stereocenters. The Hall–Kier alpha value is -2.01. The van der Waals surface area contributed by atoms with Crippen LogP contribution in [-0.4, -0.2) is 18.0 Å². The number of amides is 2. The molecule has 0 bridgehead atoms. The van der Waals surface area contributed by atoms with Crippen molar-refractivity contribution in [2.45, 2.75) is 19.9 Å². The normalized spacial score (nSPS) is 17.5. The maximum Gasteiger partial charge on any atom is 0.426 e. The molecule has 5 nitrogen and oxygen atoms in total. The number of imide groups is 1. The Bertz CT molecular complexity index is 571. The summed E-state index contributed by atoms with van der Waals surface area (Å²) in [7, 11) is 0. The Kier molecular flexibility index (Phi) is 3.48. The molecular formula is C13H13ClN2O3. The monoisotopic (exact) mass is 280 g/mol. The number of ether oxygens (including phenoxy) is 1. The van der Waals surface area contributed by atoms with Crippen LogP contribution in [0.1, 0.15) is 13.8 Å². The molecule has 1 aliphatic rings. The van der Waals surface area contributed by atoms with E-state index in [1.165, 1.54) is 6.92 Å². The number of anilines is 2. The molecule has 0 spiro atoms. The molecule has 19 heavy (non-hydrogen) atoms. The number of benzene rings is 1. The van der Waals surface area contributed by atoms with Gasteiger partial charge in [-0.1, -0.05) is 18.2 Å². The second-order valence-corrected chi connectivity index (χ2v) is 4.71. The lowest BCUT2D eigenvalue weighted by Gasteiger charge is -2.31. The largest absolute Gasteiger partial charge is 0.426 e. The van der Waals surface area contributed by atoms with Gasteiger partial charge in [0.15, 0.2) is 0 Å². The highest BCUT2D eigenvalue weighted by Gasteiger charge is 2.35. The average Bonchev–Trinajstić information content (AvgIpc) is 2.29. The number of allylic oxidation sites excluding steroid dienone is 1. The second-order valence-electron chi connectivity index (χ2n) is 4.27. The van der Waals surface area contributed by atoms with Gasteiger partial charge in [-0.15, -0.1) is 0 Å². The van der Waals surface area contributed by atoms with E-state index in [-0.39, 0.29) is 11.7 Å². The van der Waals surface area contributed by atoms with E-state index >= 15 is 0 Å². The first-order chi connectivity index (χ1) is 8.90. The van der Waals surface area contributed by atoms with Crippen LogP contribution < -0.4 is 10.2 Å². The molecule has 6 heteroatoms. The molecular weight excluding hydrogens is 268 g/mol. The van der Waals surface area contributed by atoms with Gasteiger partial charge in [0.1, 0.15) is 6.04 Å². The molecule has 0 aliphatic carbocycles. The third-order valence-electron chi connectivity index (χ3n) is 2.61. The molecule has 2 rings (SSSR count). The number of fused-ring (bicyclic) bond motifs is 1. The summed E-state index contributed by atoms with van der Waals surface area (Å²) in [5.41, 5.74) is 1.03. The summed E-state index contributed by atoms with van der Waals surface area (Å²) in [6, 6.07) is 4.31. The maximum absolute atomic E-state index is 12.1. The Morgan fingerprint density at radius 1 is 1.53 bits per heavy atom. The van der Waals surface area contributed by atoms with Crippen molar-refractivity contribution < 1.29 is 14.3 Å². The second kappa shape index (κ2) is 4.93. The van der Waals surface area contributed by atoms with Crippen molar-refractivity contribution in [1.29, 1.82) is 0 Å². The van der Waals surface area contributed by atoms with Gasteiger partial charge in [-0.25, -0.2) is 9.69 Å². The smallest absolute Gasteiger partial charge is 0.415 e. The van der Waals surface area contributed by atoms with Crippen molar-refractivity contribution in [2.75, 3.05) is 10.2 Å². The van der Waals surface area contributed by atoms with Crippen LogP contribution in [0.5, 0.6) is 0 Å². The molecule has 0 fully saturated rings. The van der Waals surface area contributed by atoms with Gasteiger partial charge in [0.2, 0.25) is 0 Å². The van der Waals surface area contributed by atoms with E-state index in [0.717, 1.165) is 4.90 Å². The van der Waals surface area contributed by atoms with Crippen LogP contribution in [0.2, 0.25) is 5.02 Å². The van der Waals surface area contributed by atoms with E-state index in [9.17, 15) is 9.59 Å². The Labute approximate surface area is 115 Å². The highest BCUT2D eigenvalue weighted by molar-refractivity contribution is 6.31. The van der Waals surface area contributed by atoms with Gasteiger partial charge in [-0.2, -0.15) is 0 Å². The molecule has 1 aromatic rings. The summed E-state index contributed by atoms with van der Waals surface area (Å²) in [4.78, 5) is 25.1.